The molecular weight excluding hydrogens is 448 g/mol. The van der Waals surface area contributed by atoms with Gasteiger partial charge in [-0.1, -0.05) is 84.9 Å². The molecule has 0 aliphatic heterocycles. The van der Waals surface area contributed by atoms with E-state index in [-0.39, 0.29) is 0 Å². The summed E-state index contributed by atoms with van der Waals surface area (Å²) in [6, 6.07) is 36.2. The van der Waals surface area contributed by atoms with Crippen LogP contribution in [0.5, 0.6) is 0 Å². The Hall–Kier alpha value is -4.26. The van der Waals surface area contributed by atoms with Crippen LogP contribution < -0.4 is 0 Å². The molecule has 0 fully saturated rings. The lowest BCUT2D eigenvalue weighted by atomic mass is 10.1. The van der Waals surface area contributed by atoms with Crippen LogP contribution in [0.1, 0.15) is 35.0 Å². The van der Waals surface area contributed by atoms with Crippen LogP contribution in [0.25, 0.3) is 22.1 Å². The van der Waals surface area contributed by atoms with E-state index in [0.29, 0.717) is 24.9 Å². The highest BCUT2D eigenvalue weighted by Gasteiger charge is 2.32. The van der Waals surface area contributed by atoms with Crippen molar-refractivity contribution in [3.63, 3.8) is 0 Å². The zero-order valence-corrected chi connectivity index (χ0v) is 19.7. The van der Waals surface area contributed by atoms with Gasteiger partial charge >= 0.3 is 0 Å². The minimum Gasteiger partial charge on any atom is -0.362 e. The summed E-state index contributed by atoms with van der Waals surface area (Å²) in [6.07, 6.45) is -1.05. The molecule has 0 saturated heterocycles. The lowest BCUT2D eigenvalue weighted by Gasteiger charge is -2.25. The van der Waals surface area contributed by atoms with Crippen molar-refractivity contribution in [3.8, 4) is 0 Å². The summed E-state index contributed by atoms with van der Waals surface area (Å²) in [5.74, 6) is 1.40. The van der Waals surface area contributed by atoms with Crippen molar-refractivity contribution in [2.45, 2.75) is 25.4 Å². The molecule has 2 heterocycles. The number of aromatic nitrogens is 4. The van der Waals surface area contributed by atoms with Gasteiger partial charge in [-0.05, 0) is 35.4 Å². The number of rotatable bonds is 9. The quantitative estimate of drug-likeness (QED) is 0.246. The number of nitrogens with one attached hydrogen (secondary N) is 2. The number of ether oxygens (including phenoxy) is 2. The predicted octanol–water partition coefficient (Wildman–Crippen LogP) is 6.66. The number of aromatic amines is 2. The summed E-state index contributed by atoms with van der Waals surface area (Å²) in [4.78, 5) is 16.7. The average Bonchev–Trinajstić information content (AvgIpc) is 3.56. The normalized spacial score (nSPS) is 13.2. The maximum Gasteiger partial charge on any atom is 0.149 e. The lowest BCUT2D eigenvalue weighted by Crippen LogP contribution is -2.20. The van der Waals surface area contributed by atoms with Gasteiger partial charge in [0.2, 0.25) is 0 Å². The first-order valence-corrected chi connectivity index (χ1v) is 12.0. The predicted molar refractivity (Wildman–Crippen MR) is 140 cm³/mol. The molecule has 36 heavy (non-hydrogen) atoms. The molecule has 6 rings (SSSR count). The highest BCUT2D eigenvalue weighted by atomic mass is 16.5. The van der Waals surface area contributed by atoms with Crippen LogP contribution in [-0.4, -0.2) is 19.9 Å². The van der Waals surface area contributed by atoms with Gasteiger partial charge in [0.05, 0.1) is 35.3 Å². The van der Waals surface area contributed by atoms with Crippen LogP contribution in [0.4, 0.5) is 0 Å². The minimum atomic E-state index is -0.526. The molecule has 0 aliphatic rings. The van der Waals surface area contributed by atoms with Gasteiger partial charge in [0.15, 0.2) is 0 Å². The van der Waals surface area contributed by atoms with Crippen LogP contribution >= 0.6 is 0 Å². The fourth-order valence-electron chi connectivity index (χ4n) is 4.35. The van der Waals surface area contributed by atoms with Gasteiger partial charge in [-0.3, -0.25) is 0 Å². The van der Waals surface area contributed by atoms with Crippen LogP contribution in [0.2, 0.25) is 0 Å². The van der Waals surface area contributed by atoms with Crippen molar-refractivity contribution in [1.82, 2.24) is 19.9 Å². The van der Waals surface area contributed by atoms with Crippen molar-refractivity contribution >= 4 is 22.1 Å². The van der Waals surface area contributed by atoms with E-state index in [1.807, 2.05) is 84.9 Å². The fourth-order valence-corrected chi connectivity index (χ4v) is 4.35. The summed E-state index contributed by atoms with van der Waals surface area (Å²) in [6.45, 7) is 0.821. The first-order valence-electron chi connectivity index (χ1n) is 12.0. The molecular formula is C30H26N4O2. The molecule has 6 aromatic rings. The molecule has 2 N–H and O–H groups in total. The summed E-state index contributed by atoms with van der Waals surface area (Å²) >= 11 is 0. The van der Waals surface area contributed by atoms with E-state index in [1.54, 1.807) is 0 Å². The monoisotopic (exact) mass is 474 g/mol. The Kier molecular flexibility index (Phi) is 6.27. The van der Waals surface area contributed by atoms with E-state index in [4.69, 9.17) is 19.4 Å². The van der Waals surface area contributed by atoms with Crippen LogP contribution in [0.15, 0.2) is 109 Å². The highest BCUT2D eigenvalue weighted by molar-refractivity contribution is 5.75. The average molecular weight is 475 g/mol. The van der Waals surface area contributed by atoms with Crippen molar-refractivity contribution in [2.75, 3.05) is 0 Å². The molecule has 2 atom stereocenters. The van der Waals surface area contributed by atoms with E-state index < -0.39 is 12.2 Å². The van der Waals surface area contributed by atoms with Gasteiger partial charge in [-0.2, -0.15) is 0 Å². The van der Waals surface area contributed by atoms with Gasteiger partial charge in [-0.25, -0.2) is 9.97 Å². The second-order valence-corrected chi connectivity index (χ2v) is 8.71. The molecule has 0 bridgehead atoms. The van der Waals surface area contributed by atoms with E-state index in [1.165, 1.54) is 0 Å². The van der Waals surface area contributed by atoms with Crippen molar-refractivity contribution < 1.29 is 9.47 Å². The maximum atomic E-state index is 6.57. The van der Waals surface area contributed by atoms with E-state index in [0.717, 1.165) is 33.2 Å². The second-order valence-electron chi connectivity index (χ2n) is 8.71. The Balaban J connectivity index is 1.41. The standard InChI is InChI=1S/C30H26N4O2/c1-3-11-21(12-4-1)19-35-27(29-31-23-15-7-8-16-24(23)32-29)28(36-20-22-13-5-2-6-14-22)30-33-25-17-9-10-18-26(25)34-30/h1-18,27-28H,19-20H2,(H,31,32)(H,33,34)/t27-,28-/m1/s1. The Labute approximate surface area is 209 Å². The molecule has 6 nitrogen and oxygen atoms in total. The van der Waals surface area contributed by atoms with Crippen LogP contribution in [0, 0.1) is 0 Å². The number of para-hydroxylation sites is 4. The zero-order valence-electron chi connectivity index (χ0n) is 19.7. The van der Waals surface area contributed by atoms with Gasteiger partial charge in [0, 0.05) is 0 Å². The first kappa shape index (κ1) is 22.2. The van der Waals surface area contributed by atoms with E-state index in [2.05, 4.69) is 34.2 Å². The van der Waals surface area contributed by atoms with Crippen molar-refractivity contribution in [3.05, 3.63) is 132 Å². The number of hydrogen-bond donors (Lipinski definition) is 2. The smallest absolute Gasteiger partial charge is 0.149 e. The van der Waals surface area contributed by atoms with Gasteiger partial charge in [0.1, 0.15) is 23.9 Å². The molecule has 0 spiro atoms. The molecule has 0 saturated carbocycles. The lowest BCUT2D eigenvalue weighted by molar-refractivity contribution is -0.0971. The number of imidazole rings is 2. The zero-order chi connectivity index (χ0) is 24.2. The molecule has 4 aromatic carbocycles. The van der Waals surface area contributed by atoms with E-state index in [9.17, 15) is 0 Å². The largest absolute Gasteiger partial charge is 0.362 e. The molecule has 0 unspecified atom stereocenters. The Morgan fingerprint density at radius 1 is 0.500 bits per heavy atom. The Bertz CT molecular complexity index is 1370. The first-order chi connectivity index (χ1) is 17.8. The van der Waals surface area contributed by atoms with Crippen molar-refractivity contribution in [2.24, 2.45) is 0 Å². The van der Waals surface area contributed by atoms with Gasteiger partial charge in [0.25, 0.3) is 0 Å². The SMILES string of the molecule is c1ccc(CO[C@@H](c2nc3ccccc3[nH]2)[C@@H](OCc2ccccc2)c2nc3ccccc3[nH]2)cc1. The molecule has 6 heteroatoms. The van der Waals surface area contributed by atoms with Crippen LogP contribution in [0.3, 0.4) is 0 Å². The Morgan fingerprint density at radius 3 is 1.31 bits per heavy atom. The van der Waals surface area contributed by atoms with Gasteiger partial charge < -0.3 is 19.4 Å². The number of benzene rings is 4. The fraction of sp³-hybridized carbons (Fsp3) is 0.133. The summed E-state index contributed by atoms with van der Waals surface area (Å²) < 4.78 is 13.1. The number of nitrogens with zero attached hydrogens (tertiary/aromatic N) is 2. The van der Waals surface area contributed by atoms with Gasteiger partial charge in [-0.15, -0.1) is 0 Å². The summed E-state index contributed by atoms with van der Waals surface area (Å²) in [7, 11) is 0. The number of fused-ring (bicyclic) bond motifs is 2. The third kappa shape index (κ3) is 4.77. The van der Waals surface area contributed by atoms with Crippen LogP contribution in [-0.2, 0) is 22.7 Å². The molecule has 178 valence electrons. The highest BCUT2D eigenvalue weighted by Crippen LogP contribution is 2.36. The third-order valence-electron chi connectivity index (χ3n) is 6.17. The molecule has 0 radical (unpaired) electrons. The number of H-pyrrole nitrogens is 2. The Morgan fingerprint density at radius 2 is 0.889 bits per heavy atom. The summed E-state index contributed by atoms with van der Waals surface area (Å²) in [5, 5.41) is 0. The number of hydrogen-bond acceptors (Lipinski definition) is 4. The molecule has 0 amide bonds. The third-order valence-corrected chi connectivity index (χ3v) is 6.17. The second kappa shape index (κ2) is 10.2. The topological polar surface area (TPSA) is 75.8 Å². The van der Waals surface area contributed by atoms with E-state index >= 15 is 0 Å². The minimum absolute atomic E-state index is 0.411. The van der Waals surface area contributed by atoms with Crippen molar-refractivity contribution in [1.29, 1.82) is 0 Å². The maximum absolute atomic E-state index is 6.57. The molecule has 2 aromatic heterocycles. The summed E-state index contributed by atoms with van der Waals surface area (Å²) in [5.41, 5.74) is 5.81. The molecule has 0 aliphatic carbocycles.